The Hall–Kier alpha value is -1.43. The van der Waals surface area contributed by atoms with Crippen LogP contribution >= 0.6 is 22.9 Å². The van der Waals surface area contributed by atoms with E-state index < -0.39 is 0 Å². The number of likely N-dealkylation sites (tertiary alicyclic amines) is 1. The summed E-state index contributed by atoms with van der Waals surface area (Å²) in [6.45, 7) is 2.60. The van der Waals surface area contributed by atoms with Crippen LogP contribution in [-0.4, -0.2) is 42.5 Å². The number of hydrogen-bond acceptors (Lipinski definition) is 4. The quantitative estimate of drug-likeness (QED) is 0.933. The first kappa shape index (κ1) is 15.5. The molecule has 3 rings (SSSR count). The Morgan fingerprint density at radius 1 is 1.50 bits per heavy atom. The van der Waals surface area contributed by atoms with Gasteiger partial charge in [0.2, 0.25) is 0 Å². The van der Waals surface area contributed by atoms with E-state index in [0.717, 1.165) is 36.6 Å². The Labute approximate surface area is 139 Å². The largest absolute Gasteiger partial charge is 0.338 e. The first-order chi connectivity index (χ1) is 10.7. The zero-order chi connectivity index (χ0) is 15.5. The maximum Gasteiger partial charge on any atom is 0.265 e. The van der Waals surface area contributed by atoms with Crippen LogP contribution in [0.25, 0.3) is 10.6 Å². The molecule has 0 spiro atoms. The number of halogens is 1. The van der Waals surface area contributed by atoms with Gasteiger partial charge in [-0.05, 0) is 32.0 Å². The number of rotatable bonds is 4. The van der Waals surface area contributed by atoms with Crippen LogP contribution in [0.1, 0.15) is 16.1 Å². The number of nitrogens with zero attached hydrogens (tertiary/aromatic N) is 2. The molecule has 0 radical (unpaired) electrons. The standard InChI is InChI=1S/C16H18ClN3OS/c1-18-8-11-6-7-20(10-11)16(21)14-9-19-15(22-14)12-4-2-3-5-13(12)17/h2-5,9,11,18H,6-8,10H2,1H3/t11-/m0/s1. The summed E-state index contributed by atoms with van der Waals surface area (Å²) >= 11 is 7.60. The predicted octanol–water partition coefficient (Wildman–Crippen LogP) is 3.15. The number of amides is 1. The van der Waals surface area contributed by atoms with Crippen molar-refractivity contribution in [2.45, 2.75) is 6.42 Å². The third-order valence-corrected chi connectivity index (χ3v) is 5.23. The van der Waals surface area contributed by atoms with E-state index in [4.69, 9.17) is 11.6 Å². The van der Waals surface area contributed by atoms with Crippen LogP contribution in [-0.2, 0) is 0 Å². The summed E-state index contributed by atoms with van der Waals surface area (Å²) in [6, 6.07) is 7.57. The Balaban J connectivity index is 1.74. The molecule has 1 aliphatic rings. The molecule has 1 aromatic carbocycles. The molecule has 1 saturated heterocycles. The van der Waals surface area contributed by atoms with Crippen molar-refractivity contribution in [3.05, 3.63) is 40.4 Å². The second kappa shape index (κ2) is 6.77. The van der Waals surface area contributed by atoms with Crippen molar-refractivity contribution in [2.75, 3.05) is 26.7 Å². The lowest BCUT2D eigenvalue weighted by atomic mass is 10.1. The maximum absolute atomic E-state index is 12.6. The average Bonchev–Trinajstić information content (AvgIpc) is 3.17. The van der Waals surface area contributed by atoms with Gasteiger partial charge in [0.25, 0.3) is 5.91 Å². The molecule has 2 aromatic rings. The van der Waals surface area contributed by atoms with Gasteiger partial charge >= 0.3 is 0 Å². The molecule has 22 heavy (non-hydrogen) atoms. The van der Waals surface area contributed by atoms with E-state index >= 15 is 0 Å². The lowest BCUT2D eigenvalue weighted by Gasteiger charge is -2.15. The summed E-state index contributed by atoms with van der Waals surface area (Å²) < 4.78 is 0. The van der Waals surface area contributed by atoms with Crippen LogP contribution in [0.2, 0.25) is 5.02 Å². The molecule has 116 valence electrons. The van der Waals surface area contributed by atoms with Crippen molar-refractivity contribution >= 4 is 28.8 Å². The SMILES string of the molecule is CNC[C@@H]1CCN(C(=O)c2cnc(-c3ccccc3Cl)s2)C1. The number of nitrogens with one attached hydrogen (secondary N) is 1. The van der Waals surface area contributed by atoms with E-state index in [9.17, 15) is 4.79 Å². The Kier molecular flexibility index (Phi) is 4.76. The van der Waals surface area contributed by atoms with E-state index in [1.807, 2.05) is 36.2 Å². The summed E-state index contributed by atoms with van der Waals surface area (Å²) in [7, 11) is 1.95. The lowest BCUT2D eigenvalue weighted by molar-refractivity contribution is 0.0792. The number of carbonyl (C=O) groups excluding carboxylic acids is 1. The van der Waals surface area contributed by atoms with Gasteiger partial charge in [-0.2, -0.15) is 0 Å². The summed E-state index contributed by atoms with van der Waals surface area (Å²) in [5.74, 6) is 0.624. The fraction of sp³-hybridized carbons (Fsp3) is 0.375. The van der Waals surface area contributed by atoms with E-state index in [1.165, 1.54) is 11.3 Å². The molecule has 6 heteroatoms. The predicted molar refractivity (Wildman–Crippen MR) is 90.5 cm³/mol. The molecule has 1 aliphatic heterocycles. The van der Waals surface area contributed by atoms with Gasteiger partial charge in [0.15, 0.2) is 0 Å². The summed E-state index contributed by atoms with van der Waals surface area (Å²) in [4.78, 5) is 19.5. The zero-order valence-electron chi connectivity index (χ0n) is 12.4. The van der Waals surface area contributed by atoms with Crippen LogP contribution in [0.4, 0.5) is 0 Å². The van der Waals surface area contributed by atoms with E-state index in [-0.39, 0.29) is 5.91 Å². The molecule has 1 N–H and O–H groups in total. The van der Waals surface area contributed by atoms with Crippen LogP contribution in [0.3, 0.4) is 0 Å². The fourth-order valence-electron chi connectivity index (χ4n) is 2.76. The third kappa shape index (κ3) is 3.16. The van der Waals surface area contributed by atoms with Crippen molar-refractivity contribution in [2.24, 2.45) is 5.92 Å². The minimum Gasteiger partial charge on any atom is -0.338 e. The number of benzene rings is 1. The van der Waals surface area contributed by atoms with Crippen LogP contribution in [0, 0.1) is 5.92 Å². The molecular weight excluding hydrogens is 318 g/mol. The van der Waals surface area contributed by atoms with E-state index in [0.29, 0.717) is 15.8 Å². The van der Waals surface area contributed by atoms with Crippen LogP contribution in [0.5, 0.6) is 0 Å². The van der Waals surface area contributed by atoms with Gasteiger partial charge < -0.3 is 10.2 Å². The minimum absolute atomic E-state index is 0.0782. The number of aromatic nitrogens is 1. The van der Waals surface area contributed by atoms with Crippen molar-refractivity contribution in [1.82, 2.24) is 15.2 Å². The highest BCUT2D eigenvalue weighted by Gasteiger charge is 2.27. The smallest absolute Gasteiger partial charge is 0.265 e. The van der Waals surface area contributed by atoms with Crippen LogP contribution < -0.4 is 5.32 Å². The summed E-state index contributed by atoms with van der Waals surface area (Å²) in [5, 5.41) is 4.63. The van der Waals surface area contributed by atoms with Crippen LogP contribution in [0.15, 0.2) is 30.5 Å². The minimum atomic E-state index is 0.0782. The zero-order valence-corrected chi connectivity index (χ0v) is 14.0. The first-order valence-corrected chi connectivity index (χ1v) is 8.53. The van der Waals surface area contributed by atoms with Gasteiger partial charge in [-0.3, -0.25) is 4.79 Å². The number of thiazole rings is 1. The molecule has 2 heterocycles. The Bertz CT molecular complexity index is 673. The molecule has 1 atom stereocenters. The molecular formula is C16H18ClN3OS. The number of hydrogen-bond donors (Lipinski definition) is 1. The average molecular weight is 336 g/mol. The van der Waals surface area contributed by atoms with Crippen molar-refractivity contribution in [1.29, 1.82) is 0 Å². The van der Waals surface area contributed by atoms with Crippen molar-refractivity contribution < 1.29 is 4.79 Å². The maximum atomic E-state index is 12.6. The van der Waals surface area contributed by atoms with Gasteiger partial charge in [0, 0.05) is 18.7 Å². The normalized spacial score (nSPS) is 17.9. The molecule has 1 fully saturated rings. The highest BCUT2D eigenvalue weighted by atomic mass is 35.5. The fourth-order valence-corrected chi connectivity index (χ4v) is 3.97. The molecule has 1 aromatic heterocycles. The van der Waals surface area contributed by atoms with Gasteiger partial charge in [0.1, 0.15) is 9.88 Å². The number of carbonyl (C=O) groups is 1. The van der Waals surface area contributed by atoms with Crippen molar-refractivity contribution in [3.8, 4) is 10.6 Å². The summed E-state index contributed by atoms with van der Waals surface area (Å²) in [6.07, 6.45) is 2.72. The van der Waals surface area contributed by atoms with Gasteiger partial charge in [-0.1, -0.05) is 29.8 Å². The molecule has 0 unspecified atom stereocenters. The van der Waals surface area contributed by atoms with Gasteiger partial charge in [0.05, 0.1) is 11.2 Å². The molecule has 0 saturated carbocycles. The van der Waals surface area contributed by atoms with E-state index in [1.54, 1.807) is 6.20 Å². The van der Waals surface area contributed by atoms with Crippen molar-refractivity contribution in [3.63, 3.8) is 0 Å². The topological polar surface area (TPSA) is 45.2 Å². The summed E-state index contributed by atoms with van der Waals surface area (Å²) in [5.41, 5.74) is 0.877. The molecule has 1 amide bonds. The highest BCUT2D eigenvalue weighted by Crippen LogP contribution is 2.31. The molecule has 0 bridgehead atoms. The second-order valence-corrected chi connectivity index (χ2v) is 6.91. The monoisotopic (exact) mass is 335 g/mol. The van der Waals surface area contributed by atoms with E-state index in [2.05, 4.69) is 10.3 Å². The first-order valence-electron chi connectivity index (χ1n) is 7.33. The molecule has 4 nitrogen and oxygen atoms in total. The van der Waals surface area contributed by atoms with Gasteiger partial charge in [-0.15, -0.1) is 11.3 Å². The Morgan fingerprint density at radius 3 is 3.09 bits per heavy atom. The highest BCUT2D eigenvalue weighted by molar-refractivity contribution is 7.17. The molecule has 0 aliphatic carbocycles. The second-order valence-electron chi connectivity index (χ2n) is 5.47. The lowest BCUT2D eigenvalue weighted by Crippen LogP contribution is -2.29. The Morgan fingerprint density at radius 2 is 2.32 bits per heavy atom. The van der Waals surface area contributed by atoms with Gasteiger partial charge in [-0.25, -0.2) is 4.98 Å². The third-order valence-electron chi connectivity index (χ3n) is 3.89.